The Morgan fingerprint density at radius 1 is 0.932 bits per heavy atom. The molecule has 1 saturated carbocycles. The van der Waals surface area contributed by atoms with Gasteiger partial charge in [-0.1, -0.05) is 31.4 Å². The van der Waals surface area contributed by atoms with Crippen molar-refractivity contribution in [2.24, 2.45) is 0 Å². The maximum atomic E-state index is 13.8. The first kappa shape index (κ1) is 29.8. The number of hydrogen-bond acceptors (Lipinski definition) is 6. The predicted molar refractivity (Wildman–Crippen MR) is 170 cm³/mol. The predicted octanol–water partition coefficient (Wildman–Crippen LogP) is 5.67. The van der Waals surface area contributed by atoms with Crippen LogP contribution in [0.2, 0.25) is 0 Å². The number of fused-ring (bicyclic) bond motifs is 1. The van der Waals surface area contributed by atoms with Crippen molar-refractivity contribution in [3.63, 3.8) is 0 Å². The Morgan fingerprint density at radius 3 is 2.41 bits per heavy atom. The van der Waals surface area contributed by atoms with Crippen molar-refractivity contribution >= 4 is 22.7 Å². The SMILES string of the molecule is COc1ccc(CNC(=O)c2ccc3c(C4CCCCC4)c(-c4ccoc4)n(CC(=O)N4CCN(C)CC4)c3c2)cc1OC. The fourth-order valence-corrected chi connectivity index (χ4v) is 6.76. The molecule has 44 heavy (non-hydrogen) atoms. The number of carbonyl (C=O) groups excluding carboxylic acids is 2. The molecule has 6 rings (SSSR count). The van der Waals surface area contributed by atoms with Crippen LogP contribution in [-0.4, -0.2) is 73.6 Å². The summed E-state index contributed by atoms with van der Waals surface area (Å²) in [6.07, 6.45) is 9.33. The van der Waals surface area contributed by atoms with Gasteiger partial charge in [0.25, 0.3) is 5.91 Å². The highest BCUT2D eigenvalue weighted by Gasteiger charge is 2.29. The van der Waals surface area contributed by atoms with Crippen LogP contribution in [0.5, 0.6) is 11.5 Å². The third-order valence-corrected chi connectivity index (χ3v) is 9.22. The highest BCUT2D eigenvalue weighted by atomic mass is 16.5. The second-order valence-corrected chi connectivity index (χ2v) is 12.0. The molecule has 2 aromatic heterocycles. The Bertz CT molecular complexity index is 1610. The molecule has 2 aromatic carbocycles. The fourth-order valence-electron chi connectivity index (χ4n) is 6.76. The molecule has 0 radical (unpaired) electrons. The number of rotatable bonds is 9. The maximum absolute atomic E-state index is 13.8. The number of piperazine rings is 1. The van der Waals surface area contributed by atoms with Crippen molar-refractivity contribution in [2.75, 3.05) is 47.4 Å². The van der Waals surface area contributed by atoms with Crippen LogP contribution in [0.4, 0.5) is 0 Å². The van der Waals surface area contributed by atoms with Crippen LogP contribution in [0.3, 0.4) is 0 Å². The van der Waals surface area contributed by atoms with Gasteiger partial charge in [-0.3, -0.25) is 9.59 Å². The topological polar surface area (TPSA) is 89.2 Å². The molecule has 1 N–H and O–H groups in total. The van der Waals surface area contributed by atoms with E-state index in [0.29, 0.717) is 29.5 Å². The minimum Gasteiger partial charge on any atom is -0.493 e. The standard InChI is InChI=1S/C35H42N4O5/c1-37-14-16-38(17-15-37)32(40)22-39-29-20-26(35(41)36-21-24-9-12-30(42-2)31(19-24)43-3)10-11-28(29)33(25-7-5-4-6-8-25)34(39)27-13-18-44-23-27/h9-13,18-20,23,25H,4-8,14-17,21-22H2,1-3H3,(H,36,41). The van der Waals surface area contributed by atoms with Gasteiger partial charge in [0.1, 0.15) is 6.54 Å². The van der Waals surface area contributed by atoms with Crippen molar-refractivity contribution in [1.29, 1.82) is 0 Å². The van der Waals surface area contributed by atoms with Gasteiger partial charge in [0.2, 0.25) is 5.91 Å². The quantitative estimate of drug-likeness (QED) is 0.267. The van der Waals surface area contributed by atoms with Crippen molar-refractivity contribution in [3.05, 3.63) is 71.7 Å². The summed E-state index contributed by atoms with van der Waals surface area (Å²) in [5, 5.41) is 4.16. The van der Waals surface area contributed by atoms with Gasteiger partial charge in [-0.2, -0.15) is 0 Å². The zero-order valence-electron chi connectivity index (χ0n) is 25.9. The zero-order valence-corrected chi connectivity index (χ0v) is 25.9. The summed E-state index contributed by atoms with van der Waals surface area (Å²) in [4.78, 5) is 31.5. The first-order valence-electron chi connectivity index (χ1n) is 15.6. The van der Waals surface area contributed by atoms with E-state index in [9.17, 15) is 9.59 Å². The lowest BCUT2D eigenvalue weighted by Crippen LogP contribution is -2.48. The number of carbonyl (C=O) groups is 2. The average molecular weight is 599 g/mol. The number of furan rings is 1. The Balaban J connectivity index is 1.37. The van der Waals surface area contributed by atoms with Crippen molar-refractivity contribution < 1.29 is 23.5 Å². The lowest BCUT2D eigenvalue weighted by molar-refractivity contribution is -0.133. The second kappa shape index (κ2) is 13.2. The number of likely N-dealkylation sites (N-methyl/N-ethyl adjacent to an activating group) is 1. The van der Waals surface area contributed by atoms with E-state index in [0.717, 1.165) is 66.7 Å². The number of aromatic nitrogens is 1. The Labute approximate surface area is 258 Å². The molecule has 2 amide bonds. The molecule has 2 aliphatic rings. The summed E-state index contributed by atoms with van der Waals surface area (Å²) in [7, 11) is 5.28. The summed E-state index contributed by atoms with van der Waals surface area (Å²) in [6.45, 7) is 3.72. The van der Waals surface area contributed by atoms with Gasteiger partial charge in [-0.25, -0.2) is 0 Å². The second-order valence-electron chi connectivity index (χ2n) is 12.0. The molecule has 9 nitrogen and oxygen atoms in total. The highest BCUT2D eigenvalue weighted by Crippen LogP contribution is 2.44. The minimum absolute atomic E-state index is 0.0956. The molecule has 1 aliphatic carbocycles. The van der Waals surface area contributed by atoms with E-state index in [-0.39, 0.29) is 18.4 Å². The first-order chi connectivity index (χ1) is 21.5. The minimum atomic E-state index is -0.177. The van der Waals surface area contributed by atoms with Gasteiger partial charge in [-0.05, 0) is 67.3 Å². The van der Waals surface area contributed by atoms with Crippen LogP contribution in [-0.2, 0) is 17.9 Å². The Morgan fingerprint density at radius 2 is 1.70 bits per heavy atom. The lowest BCUT2D eigenvalue weighted by Gasteiger charge is -2.32. The van der Waals surface area contributed by atoms with E-state index in [1.807, 2.05) is 41.3 Å². The molecular weight excluding hydrogens is 556 g/mol. The van der Waals surface area contributed by atoms with Crippen LogP contribution < -0.4 is 14.8 Å². The van der Waals surface area contributed by atoms with Crippen LogP contribution in [0.1, 0.15) is 59.5 Å². The molecule has 4 aromatic rings. The third kappa shape index (κ3) is 6.06. The van der Waals surface area contributed by atoms with E-state index >= 15 is 0 Å². The fraction of sp³-hybridized carbons (Fsp3) is 0.429. The van der Waals surface area contributed by atoms with Crippen molar-refractivity contribution in [3.8, 4) is 22.8 Å². The molecule has 232 valence electrons. The van der Waals surface area contributed by atoms with Crippen LogP contribution in [0, 0.1) is 0 Å². The number of amides is 2. The smallest absolute Gasteiger partial charge is 0.251 e. The zero-order chi connectivity index (χ0) is 30.6. The highest BCUT2D eigenvalue weighted by molar-refractivity contribution is 6.01. The number of benzene rings is 2. The molecule has 9 heteroatoms. The molecule has 3 heterocycles. The van der Waals surface area contributed by atoms with Gasteiger partial charge >= 0.3 is 0 Å². The van der Waals surface area contributed by atoms with Gasteiger partial charge in [0.05, 0.1) is 38.0 Å². The molecule has 1 aliphatic heterocycles. The Hall–Kier alpha value is -4.24. The molecule has 0 spiro atoms. The monoisotopic (exact) mass is 598 g/mol. The lowest BCUT2D eigenvalue weighted by atomic mass is 9.82. The van der Waals surface area contributed by atoms with Crippen LogP contribution in [0.25, 0.3) is 22.2 Å². The summed E-state index contributed by atoms with van der Waals surface area (Å²) in [5.74, 6) is 1.57. The number of methoxy groups -OCH3 is 2. The van der Waals surface area contributed by atoms with E-state index in [1.165, 1.54) is 24.8 Å². The van der Waals surface area contributed by atoms with Gasteiger partial charge in [0, 0.05) is 49.2 Å². The number of nitrogens with one attached hydrogen (secondary N) is 1. The average Bonchev–Trinajstić information content (AvgIpc) is 3.70. The van der Waals surface area contributed by atoms with Crippen molar-refractivity contribution in [2.45, 2.75) is 51.1 Å². The summed E-state index contributed by atoms with van der Waals surface area (Å²) >= 11 is 0. The number of ether oxygens (including phenoxy) is 2. The summed E-state index contributed by atoms with van der Waals surface area (Å²) < 4.78 is 18.5. The number of hydrogen-bond donors (Lipinski definition) is 1. The van der Waals surface area contributed by atoms with E-state index in [1.54, 1.807) is 26.7 Å². The molecule has 0 atom stereocenters. The van der Waals surface area contributed by atoms with Crippen LogP contribution in [0.15, 0.2) is 59.4 Å². The maximum Gasteiger partial charge on any atom is 0.251 e. The van der Waals surface area contributed by atoms with E-state index in [4.69, 9.17) is 13.9 Å². The van der Waals surface area contributed by atoms with Gasteiger partial charge in [0.15, 0.2) is 11.5 Å². The number of nitrogens with zero attached hydrogens (tertiary/aromatic N) is 3. The molecule has 1 saturated heterocycles. The van der Waals surface area contributed by atoms with E-state index < -0.39 is 0 Å². The molecule has 0 unspecified atom stereocenters. The normalized spacial score (nSPS) is 16.3. The molecule has 2 fully saturated rings. The third-order valence-electron chi connectivity index (χ3n) is 9.22. The molecular formula is C35H42N4O5. The van der Waals surface area contributed by atoms with E-state index in [2.05, 4.69) is 27.9 Å². The molecule has 0 bridgehead atoms. The summed E-state index contributed by atoms with van der Waals surface area (Å²) in [5.41, 5.74) is 5.63. The summed E-state index contributed by atoms with van der Waals surface area (Å²) in [6, 6.07) is 13.5. The van der Waals surface area contributed by atoms with Gasteiger partial charge < -0.3 is 33.6 Å². The van der Waals surface area contributed by atoms with Crippen molar-refractivity contribution in [1.82, 2.24) is 19.7 Å². The largest absolute Gasteiger partial charge is 0.493 e. The Kier molecular flexibility index (Phi) is 8.93. The van der Waals surface area contributed by atoms with Gasteiger partial charge in [-0.15, -0.1) is 0 Å². The van der Waals surface area contributed by atoms with Crippen LogP contribution >= 0.6 is 0 Å². The first-order valence-corrected chi connectivity index (χ1v) is 15.6.